The molecule has 0 radical (unpaired) electrons. The van der Waals surface area contributed by atoms with E-state index in [0.29, 0.717) is 0 Å². The van der Waals surface area contributed by atoms with E-state index in [1.54, 1.807) is 0 Å². The van der Waals surface area contributed by atoms with Crippen molar-refractivity contribution in [1.29, 1.82) is 0 Å². The van der Waals surface area contributed by atoms with Gasteiger partial charge in [-0.05, 0) is 25.0 Å². The van der Waals surface area contributed by atoms with Gasteiger partial charge >= 0.3 is 0 Å². The molecule has 0 aliphatic carbocycles. The standard InChI is InChI=1S/C13H20BrNO/c1-3-7-15(8-4-2)13-9-12(14)6-5-11(13)10-16/h5-6,9,16H,3-4,7-8,10H2,1-2H3. The molecule has 16 heavy (non-hydrogen) atoms. The average Bonchev–Trinajstić information content (AvgIpc) is 2.29. The van der Waals surface area contributed by atoms with Crippen molar-refractivity contribution >= 4 is 21.6 Å². The van der Waals surface area contributed by atoms with Crippen LogP contribution in [0.15, 0.2) is 22.7 Å². The topological polar surface area (TPSA) is 23.5 Å². The van der Waals surface area contributed by atoms with Gasteiger partial charge in [0, 0.05) is 28.8 Å². The first kappa shape index (κ1) is 13.5. The fraction of sp³-hybridized carbons (Fsp3) is 0.538. The molecule has 0 saturated carbocycles. The zero-order valence-corrected chi connectivity index (χ0v) is 11.6. The predicted octanol–water partition coefficient (Wildman–Crippen LogP) is 3.57. The molecule has 0 spiro atoms. The lowest BCUT2D eigenvalue weighted by Crippen LogP contribution is -2.26. The van der Waals surface area contributed by atoms with Crippen molar-refractivity contribution in [2.24, 2.45) is 0 Å². The second-order valence-corrected chi connectivity index (χ2v) is 4.83. The largest absolute Gasteiger partial charge is 0.392 e. The molecule has 0 bridgehead atoms. The molecule has 0 heterocycles. The SMILES string of the molecule is CCCN(CCC)c1cc(Br)ccc1CO. The van der Waals surface area contributed by atoms with Crippen LogP contribution in [-0.2, 0) is 6.61 Å². The van der Waals surface area contributed by atoms with Crippen molar-refractivity contribution in [3.63, 3.8) is 0 Å². The third-order valence-electron chi connectivity index (χ3n) is 2.55. The minimum Gasteiger partial charge on any atom is -0.392 e. The van der Waals surface area contributed by atoms with E-state index in [9.17, 15) is 5.11 Å². The predicted molar refractivity (Wildman–Crippen MR) is 72.9 cm³/mol. The van der Waals surface area contributed by atoms with Crippen LogP contribution in [0.3, 0.4) is 0 Å². The monoisotopic (exact) mass is 285 g/mol. The smallest absolute Gasteiger partial charge is 0.0702 e. The van der Waals surface area contributed by atoms with E-state index < -0.39 is 0 Å². The van der Waals surface area contributed by atoms with Crippen molar-refractivity contribution in [2.75, 3.05) is 18.0 Å². The Bertz CT molecular complexity index is 322. The summed E-state index contributed by atoms with van der Waals surface area (Å²) in [5, 5.41) is 9.35. The maximum absolute atomic E-state index is 9.35. The van der Waals surface area contributed by atoms with Crippen LogP contribution >= 0.6 is 15.9 Å². The molecule has 0 amide bonds. The van der Waals surface area contributed by atoms with Crippen LogP contribution in [0, 0.1) is 0 Å². The van der Waals surface area contributed by atoms with Crippen LogP contribution in [0.2, 0.25) is 0 Å². The first-order valence-corrected chi connectivity index (χ1v) is 6.66. The lowest BCUT2D eigenvalue weighted by molar-refractivity contribution is 0.282. The van der Waals surface area contributed by atoms with Crippen LogP contribution in [-0.4, -0.2) is 18.2 Å². The molecule has 2 nitrogen and oxygen atoms in total. The van der Waals surface area contributed by atoms with Crippen molar-refractivity contribution in [2.45, 2.75) is 33.3 Å². The summed E-state index contributed by atoms with van der Waals surface area (Å²) in [6.45, 7) is 6.54. The van der Waals surface area contributed by atoms with E-state index in [0.717, 1.165) is 41.7 Å². The molecule has 0 saturated heterocycles. The van der Waals surface area contributed by atoms with Crippen LogP contribution in [0.1, 0.15) is 32.3 Å². The van der Waals surface area contributed by atoms with Gasteiger partial charge in [-0.25, -0.2) is 0 Å². The molecule has 1 N–H and O–H groups in total. The van der Waals surface area contributed by atoms with E-state index in [4.69, 9.17) is 0 Å². The van der Waals surface area contributed by atoms with Gasteiger partial charge in [-0.1, -0.05) is 35.8 Å². The van der Waals surface area contributed by atoms with Crippen molar-refractivity contribution in [3.8, 4) is 0 Å². The summed E-state index contributed by atoms with van der Waals surface area (Å²) in [4.78, 5) is 2.34. The molecule has 0 aliphatic rings. The van der Waals surface area contributed by atoms with E-state index in [2.05, 4.69) is 40.7 Å². The summed E-state index contributed by atoms with van der Waals surface area (Å²) in [5.41, 5.74) is 2.16. The summed E-state index contributed by atoms with van der Waals surface area (Å²) in [7, 11) is 0. The highest BCUT2D eigenvalue weighted by Crippen LogP contribution is 2.25. The Morgan fingerprint density at radius 3 is 2.31 bits per heavy atom. The number of aliphatic hydroxyl groups is 1. The fourth-order valence-electron chi connectivity index (χ4n) is 1.86. The lowest BCUT2D eigenvalue weighted by atomic mass is 10.1. The maximum atomic E-state index is 9.35. The Hall–Kier alpha value is -0.540. The Kier molecular flexibility index (Phi) is 5.85. The number of anilines is 1. The van der Waals surface area contributed by atoms with Crippen LogP contribution in [0.25, 0.3) is 0 Å². The molecule has 1 rings (SSSR count). The second kappa shape index (κ2) is 6.92. The van der Waals surface area contributed by atoms with Crippen molar-refractivity contribution in [3.05, 3.63) is 28.2 Å². The van der Waals surface area contributed by atoms with Gasteiger partial charge in [0.2, 0.25) is 0 Å². The molecule has 0 atom stereocenters. The summed E-state index contributed by atoms with van der Waals surface area (Å²) < 4.78 is 1.07. The maximum Gasteiger partial charge on any atom is 0.0702 e. The molecule has 1 aromatic rings. The van der Waals surface area contributed by atoms with Gasteiger partial charge in [0.05, 0.1) is 6.61 Å². The number of nitrogens with zero attached hydrogens (tertiary/aromatic N) is 1. The van der Waals surface area contributed by atoms with Gasteiger partial charge in [-0.3, -0.25) is 0 Å². The zero-order valence-electron chi connectivity index (χ0n) is 10.0. The molecule has 0 aromatic heterocycles. The minimum absolute atomic E-state index is 0.104. The lowest BCUT2D eigenvalue weighted by Gasteiger charge is -2.26. The van der Waals surface area contributed by atoms with Crippen LogP contribution < -0.4 is 4.90 Å². The van der Waals surface area contributed by atoms with Crippen LogP contribution in [0.4, 0.5) is 5.69 Å². The second-order valence-electron chi connectivity index (χ2n) is 3.92. The molecular weight excluding hydrogens is 266 g/mol. The van der Waals surface area contributed by atoms with Gasteiger partial charge in [-0.15, -0.1) is 0 Å². The van der Waals surface area contributed by atoms with E-state index in [-0.39, 0.29) is 6.61 Å². The highest BCUT2D eigenvalue weighted by Gasteiger charge is 2.09. The highest BCUT2D eigenvalue weighted by atomic mass is 79.9. The van der Waals surface area contributed by atoms with Gasteiger partial charge in [0.25, 0.3) is 0 Å². The van der Waals surface area contributed by atoms with Gasteiger partial charge in [0.1, 0.15) is 0 Å². The van der Waals surface area contributed by atoms with Crippen molar-refractivity contribution in [1.82, 2.24) is 0 Å². The number of hydrogen-bond donors (Lipinski definition) is 1. The first-order valence-electron chi connectivity index (χ1n) is 5.87. The fourth-order valence-corrected chi connectivity index (χ4v) is 2.21. The van der Waals surface area contributed by atoms with E-state index >= 15 is 0 Å². The third kappa shape index (κ3) is 3.49. The Labute approximate surface area is 106 Å². The number of aliphatic hydroxyl groups excluding tert-OH is 1. The number of rotatable bonds is 6. The summed E-state index contributed by atoms with van der Waals surface area (Å²) in [5.74, 6) is 0. The van der Waals surface area contributed by atoms with Gasteiger partial charge in [-0.2, -0.15) is 0 Å². The summed E-state index contributed by atoms with van der Waals surface area (Å²) >= 11 is 3.49. The van der Waals surface area contributed by atoms with Crippen molar-refractivity contribution < 1.29 is 5.11 Å². The molecule has 90 valence electrons. The molecule has 0 aliphatic heterocycles. The molecule has 0 unspecified atom stereocenters. The Morgan fingerprint density at radius 2 is 1.81 bits per heavy atom. The average molecular weight is 286 g/mol. The third-order valence-corrected chi connectivity index (χ3v) is 3.04. The first-order chi connectivity index (χ1) is 7.72. The molecule has 3 heteroatoms. The number of benzene rings is 1. The molecule has 0 fully saturated rings. The highest BCUT2D eigenvalue weighted by molar-refractivity contribution is 9.10. The van der Waals surface area contributed by atoms with Gasteiger partial charge < -0.3 is 10.0 Å². The molecular formula is C13H20BrNO. The Balaban J connectivity index is 3.00. The minimum atomic E-state index is 0.104. The molecule has 1 aromatic carbocycles. The zero-order chi connectivity index (χ0) is 12.0. The van der Waals surface area contributed by atoms with E-state index in [1.165, 1.54) is 0 Å². The van der Waals surface area contributed by atoms with Crippen LogP contribution in [0.5, 0.6) is 0 Å². The quantitative estimate of drug-likeness (QED) is 0.864. The van der Waals surface area contributed by atoms with E-state index in [1.807, 2.05) is 12.1 Å². The summed E-state index contributed by atoms with van der Waals surface area (Å²) in [6, 6.07) is 6.06. The summed E-state index contributed by atoms with van der Waals surface area (Å²) in [6.07, 6.45) is 2.24. The Morgan fingerprint density at radius 1 is 1.19 bits per heavy atom. The number of hydrogen-bond acceptors (Lipinski definition) is 2. The normalized spacial score (nSPS) is 10.5. The number of halogens is 1. The van der Waals surface area contributed by atoms with Gasteiger partial charge in [0.15, 0.2) is 0 Å².